The highest BCUT2D eigenvalue weighted by Gasteiger charge is 2.36. The van der Waals surface area contributed by atoms with E-state index in [0.717, 1.165) is 30.7 Å². The van der Waals surface area contributed by atoms with Gasteiger partial charge in [-0.3, -0.25) is 4.79 Å². The zero-order chi connectivity index (χ0) is 16.3. The first-order valence-electron chi connectivity index (χ1n) is 8.48. The van der Waals surface area contributed by atoms with E-state index in [1.165, 1.54) is 12.8 Å². The van der Waals surface area contributed by atoms with Crippen LogP contribution in [0, 0.1) is 5.41 Å². The standard InChI is InChI=1S/C18H26N2O3/c1-18(8-9-18)12-19-11-15(21)17(22)20-14-6-4-10-23-16-7-3-2-5-13(14)16/h2-3,5,7,14-15,19,21H,4,6,8-12H2,1H3,(H,20,22). The first-order valence-corrected chi connectivity index (χ1v) is 8.48. The summed E-state index contributed by atoms with van der Waals surface area (Å²) in [5, 5.41) is 16.2. The molecule has 23 heavy (non-hydrogen) atoms. The van der Waals surface area contributed by atoms with Gasteiger partial charge in [-0.2, -0.15) is 0 Å². The molecule has 1 heterocycles. The molecule has 3 N–H and O–H groups in total. The highest BCUT2D eigenvalue weighted by molar-refractivity contribution is 5.81. The van der Waals surface area contributed by atoms with E-state index in [9.17, 15) is 9.90 Å². The Morgan fingerprint density at radius 1 is 1.43 bits per heavy atom. The van der Waals surface area contributed by atoms with Crippen molar-refractivity contribution in [1.82, 2.24) is 10.6 Å². The summed E-state index contributed by atoms with van der Waals surface area (Å²) >= 11 is 0. The number of aliphatic hydroxyl groups excluding tert-OH is 1. The van der Waals surface area contributed by atoms with Crippen molar-refractivity contribution in [2.75, 3.05) is 19.7 Å². The predicted octanol–water partition coefficient (Wildman–Crippen LogP) is 1.77. The Morgan fingerprint density at radius 2 is 2.22 bits per heavy atom. The molecule has 3 rings (SSSR count). The van der Waals surface area contributed by atoms with Gasteiger partial charge in [0, 0.05) is 18.7 Å². The number of amides is 1. The summed E-state index contributed by atoms with van der Waals surface area (Å²) in [5.74, 6) is 0.504. The lowest BCUT2D eigenvalue weighted by Gasteiger charge is -2.21. The van der Waals surface area contributed by atoms with Gasteiger partial charge in [-0.1, -0.05) is 25.1 Å². The Balaban J connectivity index is 1.54. The number of benzene rings is 1. The summed E-state index contributed by atoms with van der Waals surface area (Å²) in [6.07, 6.45) is 3.13. The number of aliphatic hydroxyl groups is 1. The van der Waals surface area contributed by atoms with Crippen LogP contribution >= 0.6 is 0 Å². The normalized spacial score (nSPS) is 23.1. The molecule has 1 amide bonds. The van der Waals surface area contributed by atoms with Crippen LogP contribution in [0.2, 0.25) is 0 Å². The van der Waals surface area contributed by atoms with Crippen molar-refractivity contribution in [3.63, 3.8) is 0 Å². The molecule has 1 aromatic carbocycles. The van der Waals surface area contributed by atoms with Crippen molar-refractivity contribution in [2.24, 2.45) is 5.41 Å². The van der Waals surface area contributed by atoms with E-state index in [0.29, 0.717) is 18.6 Å². The Bertz CT molecular complexity index is 557. The number of hydrogen-bond acceptors (Lipinski definition) is 4. The summed E-state index contributed by atoms with van der Waals surface area (Å²) in [7, 11) is 0. The van der Waals surface area contributed by atoms with Crippen LogP contribution in [0.25, 0.3) is 0 Å². The van der Waals surface area contributed by atoms with Crippen molar-refractivity contribution in [3.8, 4) is 5.75 Å². The number of fused-ring (bicyclic) bond motifs is 1. The third-order valence-corrected chi connectivity index (χ3v) is 4.80. The van der Waals surface area contributed by atoms with E-state index in [1.807, 2.05) is 24.3 Å². The molecule has 2 unspecified atom stereocenters. The van der Waals surface area contributed by atoms with Crippen LogP contribution in [0.5, 0.6) is 5.75 Å². The third-order valence-electron chi connectivity index (χ3n) is 4.80. The number of ether oxygens (including phenoxy) is 1. The maximum absolute atomic E-state index is 12.3. The molecule has 0 radical (unpaired) electrons. The second-order valence-electron chi connectivity index (χ2n) is 7.05. The van der Waals surface area contributed by atoms with E-state index in [1.54, 1.807) is 0 Å². The molecule has 0 aromatic heterocycles. The van der Waals surface area contributed by atoms with Crippen LogP contribution < -0.4 is 15.4 Å². The maximum Gasteiger partial charge on any atom is 0.250 e. The van der Waals surface area contributed by atoms with Crippen molar-refractivity contribution in [2.45, 2.75) is 44.8 Å². The van der Waals surface area contributed by atoms with E-state index < -0.39 is 6.10 Å². The lowest BCUT2D eigenvalue weighted by atomic mass is 10.0. The quantitative estimate of drug-likeness (QED) is 0.747. The highest BCUT2D eigenvalue weighted by Crippen LogP contribution is 2.43. The van der Waals surface area contributed by atoms with E-state index in [-0.39, 0.29) is 11.9 Å². The SMILES string of the molecule is CC1(CNCC(O)C(=O)NC2CCCOc3ccccc32)CC1. The number of rotatable bonds is 6. The first-order chi connectivity index (χ1) is 11.1. The van der Waals surface area contributed by atoms with Crippen LogP contribution in [0.1, 0.15) is 44.2 Å². The zero-order valence-corrected chi connectivity index (χ0v) is 13.7. The van der Waals surface area contributed by atoms with Gasteiger partial charge in [0.05, 0.1) is 12.6 Å². The Kier molecular flexibility index (Phi) is 4.87. The molecule has 5 nitrogen and oxygen atoms in total. The molecule has 0 saturated heterocycles. The van der Waals surface area contributed by atoms with Gasteiger partial charge >= 0.3 is 0 Å². The highest BCUT2D eigenvalue weighted by atomic mass is 16.5. The van der Waals surface area contributed by atoms with Crippen molar-refractivity contribution >= 4 is 5.91 Å². The third kappa shape index (κ3) is 4.24. The molecular weight excluding hydrogens is 292 g/mol. The molecule has 1 saturated carbocycles. The van der Waals surface area contributed by atoms with Crippen LogP contribution in [0.15, 0.2) is 24.3 Å². The van der Waals surface area contributed by atoms with Gasteiger partial charge in [-0.05, 0) is 37.2 Å². The first kappa shape index (κ1) is 16.3. The lowest BCUT2D eigenvalue weighted by molar-refractivity contribution is -0.130. The van der Waals surface area contributed by atoms with Crippen LogP contribution in [0.4, 0.5) is 0 Å². The van der Waals surface area contributed by atoms with E-state index >= 15 is 0 Å². The number of carbonyl (C=O) groups excluding carboxylic acids is 1. The molecule has 1 aliphatic carbocycles. The Hall–Kier alpha value is -1.59. The molecule has 126 valence electrons. The van der Waals surface area contributed by atoms with E-state index in [4.69, 9.17) is 4.74 Å². The molecule has 2 aliphatic rings. The van der Waals surface area contributed by atoms with Gasteiger partial charge in [0.25, 0.3) is 5.91 Å². The van der Waals surface area contributed by atoms with Crippen LogP contribution in [-0.4, -0.2) is 36.8 Å². The number of para-hydroxylation sites is 1. The van der Waals surface area contributed by atoms with Crippen molar-refractivity contribution in [1.29, 1.82) is 0 Å². The minimum absolute atomic E-state index is 0.100. The fourth-order valence-corrected chi connectivity index (χ4v) is 2.94. The fraction of sp³-hybridized carbons (Fsp3) is 0.611. The minimum Gasteiger partial charge on any atom is -0.493 e. The minimum atomic E-state index is -1.02. The average molecular weight is 318 g/mol. The average Bonchev–Trinajstić information content (AvgIpc) is 3.31. The smallest absolute Gasteiger partial charge is 0.250 e. The molecular formula is C18H26N2O3. The molecule has 0 spiro atoms. The predicted molar refractivity (Wildman–Crippen MR) is 88.3 cm³/mol. The fourth-order valence-electron chi connectivity index (χ4n) is 2.94. The van der Waals surface area contributed by atoms with Crippen LogP contribution in [0.3, 0.4) is 0 Å². The lowest BCUT2D eigenvalue weighted by Crippen LogP contribution is -2.43. The van der Waals surface area contributed by atoms with Crippen molar-refractivity contribution < 1.29 is 14.6 Å². The van der Waals surface area contributed by atoms with Crippen molar-refractivity contribution in [3.05, 3.63) is 29.8 Å². The molecule has 2 atom stereocenters. The second-order valence-corrected chi connectivity index (χ2v) is 7.05. The number of carbonyl (C=O) groups is 1. The molecule has 1 aromatic rings. The van der Waals surface area contributed by atoms with Gasteiger partial charge in [-0.15, -0.1) is 0 Å². The summed E-state index contributed by atoms with van der Waals surface area (Å²) < 4.78 is 5.70. The summed E-state index contributed by atoms with van der Waals surface area (Å²) in [4.78, 5) is 12.3. The summed E-state index contributed by atoms with van der Waals surface area (Å²) in [6.45, 7) is 4.03. The topological polar surface area (TPSA) is 70.6 Å². The number of nitrogens with one attached hydrogen (secondary N) is 2. The summed E-state index contributed by atoms with van der Waals surface area (Å²) in [5.41, 5.74) is 1.36. The number of hydrogen-bond donors (Lipinski definition) is 3. The van der Waals surface area contributed by atoms with Gasteiger partial charge in [0.1, 0.15) is 11.9 Å². The molecule has 1 aliphatic heterocycles. The van der Waals surface area contributed by atoms with Gasteiger partial charge < -0.3 is 20.5 Å². The molecule has 1 fully saturated rings. The van der Waals surface area contributed by atoms with E-state index in [2.05, 4.69) is 17.6 Å². The Morgan fingerprint density at radius 3 is 3.00 bits per heavy atom. The van der Waals surface area contributed by atoms with Gasteiger partial charge in [0.15, 0.2) is 0 Å². The molecule has 0 bridgehead atoms. The Labute approximate surface area is 137 Å². The monoisotopic (exact) mass is 318 g/mol. The maximum atomic E-state index is 12.3. The van der Waals surface area contributed by atoms with Gasteiger partial charge in [0.2, 0.25) is 0 Å². The van der Waals surface area contributed by atoms with Crippen LogP contribution in [-0.2, 0) is 4.79 Å². The van der Waals surface area contributed by atoms with Gasteiger partial charge in [-0.25, -0.2) is 0 Å². The summed E-state index contributed by atoms with van der Waals surface area (Å²) in [6, 6.07) is 7.68. The second kappa shape index (κ2) is 6.89. The largest absolute Gasteiger partial charge is 0.493 e. The zero-order valence-electron chi connectivity index (χ0n) is 13.7. The molecule has 5 heteroatoms.